The van der Waals surface area contributed by atoms with Gasteiger partial charge in [-0.3, -0.25) is 0 Å². The van der Waals surface area contributed by atoms with Crippen LogP contribution < -0.4 is 10.2 Å². The maximum atomic E-state index is 13.5. The molecule has 0 amide bonds. The van der Waals surface area contributed by atoms with E-state index in [1.165, 1.54) is 11.1 Å². The van der Waals surface area contributed by atoms with Crippen molar-refractivity contribution in [2.75, 3.05) is 16.8 Å². The summed E-state index contributed by atoms with van der Waals surface area (Å²) in [6, 6.07) is 5.47. The fourth-order valence-corrected chi connectivity index (χ4v) is 4.98. The van der Waals surface area contributed by atoms with Gasteiger partial charge in [-0.1, -0.05) is 11.2 Å². The van der Waals surface area contributed by atoms with Gasteiger partial charge >= 0.3 is 12.4 Å². The van der Waals surface area contributed by atoms with Crippen molar-refractivity contribution in [3.63, 3.8) is 0 Å². The van der Waals surface area contributed by atoms with Crippen LogP contribution in [-0.4, -0.2) is 27.2 Å². The predicted octanol–water partition coefficient (Wildman–Crippen LogP) is 5.68. The van der Waals surface area contributed by atoms with E-state index in [0.29, 0.717) is 13.0 Å². The molecule has 1 aliphatic carbocycles. The van der Waals surface area contributed by atoms with Crippen LogP contribution in [0.5, 0.6) is 0 Å². The SMILES string of the molecule is FC(F)(F)c1cc(CN(c2nn[nH]n2)C2CCCNc3cc4c(cc32)CCC4)cc(C(F)(F)F)c1. The van der Waals surface area contributed by atoms with E-state index >= 15 is 0 Å². The second-order valence-corrected chi connectivity index (χ2v) is 8.90. The van der Waals surface area contributed by atoms with Crippen molar-refractivity contribution in [2.24, 2.45) is 0 Å². The fraction of sp³-hybridized carbons (Fsp3) is 0.435. The summed E-state index contributed by atoms with van der Waals surface area (Å²) in [5, 5.41) is 17.4. The summed E-state index contributed by atoms with van der Waals surface area (Å²) >= 11 is 0. The molecular weight excluding hydrogens is 474 g/mol. The summed E-state index contributed by atoms with van der Waals surface area (Å²) in [6.45, 7) is 0.442. The normalized spacial score (nSPS) is 17.9. The molecule has 1 aromatic heterocycles. The smallest absolute Gasteiger partial charge is 0.385 e. The largest absolute Gasteiger partial charge is 0.416 e. The number of nitrogens with zero attached hydrogens (tertiary/aromatic N) is 4. The molecule has 0 saturated heterocycles. The van der Waals surface area contributed by atoms with Gasteiger partial charge < -0.3 is 10.2 Å². The summed E-state index contributed by atoms with van der Waals surface area (Å²) < 4.78 is 80.7. The molecule has 2 N–H and O–H groups in total. The van der Waals surface area contributed by atoms with E-state index in [1.54, 1.807) is 4.90 Å². The van der Waals surface area contributed by atoms with E-state index in [1.807, 2.05) is 0 Å². The number of alkyl halides is 6. The Balaban J connectivity index is 1.59. The van der Waals surface area contributed by atoms with Crippen molar-refractivity contribution in [2.45, 2.75) is 57.0 Å². The molecule has 1 aliphatic heterocycles. The first-order valence-corrected chi connectivity index (χ1v) is 11.3. The Labute approximate surface area is 196 Å². The number of rotatable bonds is 4. The third-order valence-corrected chi connectivity index (χ3v) is 6.56. The predicted molar refractivity (Wildman–Crippen MR) is 116 cm³/mol. The van der Waals surface area contributed by atoms with Crippen LogP contribution >= 0.6 is 0 Å². The highest BCUT2D eigenvalue weighted by Gasteiger charge is 2.38. The number of fused-ring (bicyclic) bond motifs is 2. The molecule has 0 spiro atoms. The van der Waals surface area contributed by atoms with Crippen LogP contribution in [0, 0.1) is 0 Å². The summed E-state index contributed by atoms with van der Waals surface area (Å²) in [6.07, 6.45) is -5.54. The van der Waals surface area contributed by atoms with Crippen molar-refractivity contribution in [3.8, 4) is 0 Å². The fourth-order valence-electron chi connectivity index (χ4n) is 4.98. The highest BCUT2D eigenvalue weighted by molar-refractivity contribution is 5.60. The third kappa shape index (κ3) is 4.78. The quantitative estimate of drug-likeness (QED) is 0.455. The number of hydrogen-bond acceptors (Lipinski definition) is 5. The number of halogens is 6. The molecule has 2 aliphatic rings. The molecule has 0 radical (unpaired) electrons. The van der Waals surface area contributed by atoms with Gasteiger partial charge in [0.15, 0.2) is 0 Å². The summed E-state index contributed by atoms with van der Waals surface area (Å²) in [4.78, 5) is 1.63. The standard InChI is InChI=1S/C23H22F6N6/c24-22(25,26)16-7-13(8-17(11-16)23(27,28)29)12-35(21-31-33-34-32-21)20-5-2-6-30-19-10-15-4-1-3-14(15)9-18(19)20/h7-11,20,30H,1-6,12H2,(H,31,32,33,34). The van der Waals surface area contributed by atoms with E-state index in [9.17, 15) is 26.3 Å². The Morgan fingerprint density at radius 3 is 2.20 bits per heavy atom. The number of anilines is 2. The lowest BCUT2D eigenvalue weighted by molar-refractivity contribution is -0.143. The number of aromatic nitrogens is 4. The van der Waals surface area contributed by atoms with E-state index in [2.05, 4.69) is 38.1 Å². The zero-order chi connectivity index (χ0) is 24.8. The van der Waals surface area contributed by atoms with E-state index in [4.69, 9.17) is 0 Å². The number of H-pyrrole nitrogens is 1. The maximum absolute atomic E-state index is 13.5. The molecule has 2 aromatic carbocycles. The molecule has 12 heteroatoms. The molecule has 6 nitrogen and oxygen atoms in total. The first-order chi connectivity index (χ1) is 16.6. The Hall–Kier alpha value is -3.31. The molecule has 0 saturated carbocycles. The minimum atomic E-state index is -4.92. The molecule has 3 aromatic rings. The number of aromatic amines is 1. The second-order valence-electron chi connectivity index (χ2n) is 8.90. The molecule has 186 valence electrons. The molecule has 1 unspecified atom stereocenters. The van der Waals surface area contributed by atoms with Crippen molar-refractivity contribution < 1.29 is 26.3 Å². The number of benzene rings is 2. The number of nitrogens with one attached hydrogen (secondary N) is 2. The molecule has 35 heavy (non-hydrogen) atoms. The molecule has 0 fully saturated rings. The van der Waals surface area contributed by atoms with Crippen molar-refractivity contribution in [1.82, 2.24) is 20.6 Å². The van der Waals surface area contributed by atoms with Gasteiger partial charge in [-0.2, -0.15) is 31.6 Å². The van der Waals surface area contributed by atoms with Crippen LogP contribution in [0.2, 0.25) is 0 Å². The Morgan fingerprint density at radius 2 is 1.57 bits per heavy atom. The molecule has 1 atom stereocenters. The van der Waals surface area contributed by atoms with Gasteiger partial charge in [0.05, 0.1) is 17.2 Å². The van der Waals surface area contributed by atoms with Crippen LogP contribution in [0.1, 0.15) is 58.7 Å². The van der Waals surface area contributed by atoms with Crippen molar-refractivity contribution in [1.29, 1.82) is 0 Å². The van der Waals surface area contributed by atoms with Crippen LogP contribution in [-0.2, 0) is 31.7 Å². The van der Waals surface area contributed by atoms with Crippen molar-refractivity contribution >= 4 is 11.6 Å². The van der Waals surface area contributed by atoms with Crippen LogP contribution in [0.4, 0.5) is 38.0 Å². The molecule has 5 rings (SSSR count). The monoisotopic (exact) mass is 496 g/mol. The molecule has 0 bridgehead atoms. The number of tetrazole rings is 1. The number of hydrogen-bond donors (Lipinski definition) is 2. The first-order valence-electron chi connectivity index (χ1n) is 11.3. The number of aryl methyl sites for hydroxylation is 2. The van der Waals surface area contributed by atoms with E-state index in [-0.39, 0.29) is 30.2 Å². The Morgan fingerprint density at radius 1 is 0.886 bits per heavy atom. The Kier molecular flexibility index (Phi) is 5.84. The summed E-state index contributed by atoms with van der Waals surface area (Å²) in [7, 11) is 0. The average Bonchev–Trinajstić information content (AvgIpc) is 3.44. The van der Waals surface area contributed by atoms with Gasteiger partial charge in [-0.25, -0.2) is 0 Å². The van der Waals surface area contributed by atoms with Crippen molar-refractivity contribution in [3.05, 3.63) is 63.7 Å². The highest BCUT2D eigenvalue weighted by atomic mass is 19.4. The summed E-state index contributed by atoms with van der Waals surface area (Å²) in [5.41, 5.74) is 1.47. The third-order valence-electron chi connectivity index (χ3n) is 6.56. The minimum Gasteiger partial charge on any atom is -0.385 e. The maximum Gasteiger partial charge on any atom is 0.416 e. The topological polar surface area (TPSA) is 69.7 Å². The van der Waals surface area contributed by atoms with Gasteiger partial charge in [0.25, 0.3) is 5.95 Å². The second kappa shape index (κ2) is 8.72. The molecule has 2 heterocycles. The highest BCUT2D eigenvalue weighted by Crippen LogP contribution is 2.41. The minimum absolute atomic E-state index is 0.106. The van der Waals surface area contributed by atoms with E-state index < -0.39 is 23.5 Å². The van der Waals surface area contributed by atoms with E-state index in [0.717, 1.165) is 49.1 Å². The molecular formula is C23H22F6N6. The lowest BCUT2D eigenvalue weighted by Gasteiger charge is -2.32. The van der Waals surface area contributed by atoms with Gasteiger partial charge in [0, 0.05) is 18.8 Å². The Bertz CT molecular complexity index is 1170. The lowest BCUT2D eigenvalue weighted by atomic mass is 9.95. The summed E-state index contributed by atoms with van der Waals surface area (Å²) in [5.74, 6) is 0.106. The average molecular weight is 496 g/mol. The van der Waals surface area contributed by atoms with Gasteiger partial charge in [-0.15, -0.1) is 5.10 Å². The van der Waals surface area contributed by atoms with Gasteiger partial charge in [0.2, 0.25) is 0 Å². The van der Waals surface area contributed by atoms with Gasteiger partial charge in [-0.05, 0) is 83.8 Å². The lowest BCUT2D eigenvalue weighted by Crippen LogP contribution is -2.30. The zero-order valence-electron chi connectivity index (χ0n) is 18.5. The van der Waals surface area contributed by atoms with Gasteiger partial charge in [0.1, 0.15) is 0 Å². The van der Waals surface area contributed by atoms with Crippen LogP contribution in [0.15, 0.2) is 30.3 Å². The zero-order valence-corrected chi connectivity index (χ0v) is 18.5. The van der Waals surface area contributed by atoms with Crippen LogP contribution in [0.25, 0.3) is 0 Å². The van der Waals surface area contributed by atoms with Crippen LogP contribution in [0.3, 0.4) is 0 Å². The first kappa shape index (κ1) is 23.4.